The number of aromatic nitrogens is 3. The van der Waals surface area contributed by atoms with Crippen LogP contribution in [0.1, 0.15) is 11.7 Å². The molecule has 1 atom stereocenters. The normalized spacial score (nSPS) is 11.9. The van der Waals surface area contributed by atoms with Gasteiger partial charge in [-0.2, -0.15) is 0 Å². The van der Waals surface area contributed by atoms with E-state index in [1.54, 1.807) is 49.6 Å². The van der Waals surface area contributed by atoms with E-state index in [2.05, 4.69) is 26.1 Å². The van der Waals surface area contributed by atoms with Crippen molar-refractivity contribution < 1.29 is 19.4 Å². The van der Waals surface area contributed by atoms with Gasteiger partial charge in [-0.1, -0.05) is 40.2 Å². The molecular weight excluding hydrogens is 438 g/mol. The molecule has 0 bridgehead atoms. The van der Waals surface area contributed by atoms with Gasteiger partial charge in [-0.3, -0.25) is 0 Å². The van der Waals surface area contributed by atoms with Crippen molar-refractivity contribution in [2.75, 3.05) is 7.11 Å². The summed E-state index contributed by atoms with van der Waals surface area (Å²) in [6.07, 6.45) is -1.19. The molecule has 0 spiro atoms. The van der Waals surface area contributed by atoms with E-state index in [1.165, 1.54) is 4.80 Å². The third kappa shape index (κ3) is 3.93. The van der Waals surface area contributed by atoms with Gasteiger partial charge in [0.05, 0.1) is 7.11 Å². The molecule has 4 rings (SSSR count). The first-order valence-corrected chi connectivity index (χ1v) is 9.50. The lowest BCUT2D eigenvalue weighted by molar-refractivity contribution is -0.145. The molecule has 7 nitrogen and oxygen atoms in total. The number of fused-ring (bicyclic) bond motifs is 1. The first-order chi connectivity index (χ1) is 14.0. The summed E-state index contributed by atoms with van der Waals surface area (Å²) in [4.78, 5) is 13.3. The highest BCUT2D eigenvalue weighted by Gasteiger charge is 2.24. The Morgan fingerprint density at radius 3 is 2.28 bits per heavy atom. The Hall–Kier alpha value is -3.39. The molecule has 1 unspecified atom stereocenters. The molecule has 0 saturated carbocycles. The second-order valence-electron chi connectivity index (χ2n) is 6.20. The SMILES string of the molecule is COc1ccc(OC(C(=O)O)c2ccc(Br)cc2)c(-n2nc3ccccc3n2)c1. The van der Waals surface area contributed by atoms with E-state index in [1.807, 2.05) is 24.3 Å². The maximum atomic E-state index is 11.9. The van der Waals surface area contributed by atoms with Gasteiger partial charge < -0.3 is 14.6 Å². The third-order valence-electron chi connectivity index (χ3n) is 4.31. The van der Waals surface area contributed by atoms with Crippen LogP contribution in [0.2, 0.25) is 0 Å². The maximum absolute atomic E-state index is 11.9. The minimum atomic E-state index is -1.19. The van der Waals surface area contributed by atoms with Gasteiger partial charge in [-0.25, -0.2) is 4.79 Å². The van der Waals surface area contributed by atoms with Crippen LogP contribution in [-0.2, 0) is 4.79 Å². The van der Waals surface area contributed by atoms with Crippen molar-refractivity contribution in [2.45, 2.75) is 6.10 Å². The standard InChI is InChI=1S/C21H16BrN3O4/c1-28-15-10-11-19(29-20(21(26)27)13-6-8-14(22)9-7-13)18(12-15)25-23-16-4-2-3-5-17(16)24-25/h2-12,20H,1H3,(H,26,27). The number of carboxylic acids is 1. The van der Waals surface area contributed by atoms with Crippen molar-refractivity contribution >= 4 is 32.9 Å². The summed E-state index contributed by atoms with van der Waals surface area (Å²) >= 11 is 3.35. The Bertz CT molecular complexity index is 1140. The number of benzene rings is 3. The molecule has 1 N–H and O–H groups in total. The number of carboxylic acid groups (broad SMARTS) is 1. The molecule has 0 aliphatic heterocycles. The van der Waals surface area contributed by atoms with Crippen molar-refractivity contribution in [1.29, 1.82) is 0 Å². The summed E-state index contributed by atoms with van der Waals surface area (Å²) in [5.74, 6) is -0.210. The van der Waals surface area contributed by atoms with Gasteiger partial charge in [0.2, 0.25) is 6.10 Å². The Balaban J connectivity index is 1.78. The lowest BCUT2D eigenvalue weighted by atomic mass is 10.1. The Morgan fingerprint density at radius 1 is 1.03 bits per heavy atom. The van der Waals surface area contributed by atoms with Gasteiger partial charge in [-0.15, -0.1) is 15.0 Å². The molecule has 0 aliphatic rings. The Kier molecular flexibility index (Phi) is 5.18. The fraction of sp³-hybridized carbons (Fsp3) is 0.0952. The van der Waals surface area contributed by atoms with E-state index in [-0.39, 0.29) is 0 Å². The largest absolute Gasteiger partial charge is 0.497 e. The molecule has 3 aromatic carbocycles. The number of rotatable bonds is 6. The maximum Gasteiger partial charge on any atom is 0.349 e. The number of hydrogen-bond donors (Lipinski definition) is 1. The van der Waals surface area contributed by atoms with E-state index >= 15 is 0 Å². The average molecular weight is 454 g/mol. The Morgan fingerprint density at radius 2 is 1.69 bits per heavy atom. The van der Waals surface area contributed by atoms with Gasteiger partial charge in [0.15, 0.2) is 0 Å². The van der Waals surface area contributed by atoms with Crippen LogP contribution in [0.15, 0.2) is 71.2 Å². The molecule has 29 heavy (non-hydrogen) atoms. The van der Waals surface area contributed by atoms with E-state index in [0.717, 1.165) is 4.47 Å². The van der Waals surface area contributed by atoms with Crippen LogP contribution >= 0.6 is 15.9 Å². The van der Waals surface area contributed by atoms with Crippen molar-refractivity contribution in [1.82, 2.24) is 15.0 Å². The highest BCUT2D eigenvalue weighted by atomic mass is 79.9. The molecule has 146 valence electrons. The van der Waals surface area contributed by atoms with Crippen molar-refractivity contribution in [3.05, 3.63) is 76.8 Å². The fourth-order valence-corrected chi connectivity index (χ4v) is 3.14. The second kappa shape index (κ2) is 7.92. The van der Waals surface area contributed by atoms with Gasteiger partial charge in [-0.05, 0) is 36.4 Å². The van der Waals surface area contributed by atoms with Crippen LogP contribution in [0, 0.1) is 0 Å². The van der Waals surface area contributed by atoms with Crippen molar-refractivity contribution in [3.63, 3.8) is 0 Å². The molecule has 0 saturated heterocycles. The Labute approximate surface area is 174 Å². The van der Waals surface area contributed by atoms with E-state index in [9.17, 15) is 9.90 Å². The quantitative estimate of drug-likeness (QED) is 0.465. The minimum absolute atomic E-state index is 0.321. The topological polar surface area (TPSA) is 86.5 Å². The lowest BCUT2D eigenvalue weighted by Crippen LogP contribution is -2.19. The first-order valence-electron chi connectivity index (χ1n) is 8.70. The zero-order chi connectivity index (χ0) is 20.4. The minimum Gasteiger partial charge on any atom is -0.497 e. The summed E-state index contributed by atoms with van der Waals surface area (Å²) in [5.41, 5.74) is 2.41. The van der Waals surface area contributed by atoms with Crippen LogP contribution < -0.4 is 9.47 Å². The van der Waals surface area contributed by atoms with E-state index < -0.39 is 12.1 Å². The molecule has 4 aromatic rings. The zero-order valence-corrected chi connectivity index (χ0v) is 16.9. The molecule has 0 radical (unpaired) electrons. The van der Waals surface area contributed by atoms with Gasteiger partial charge in [0.25, 0.3) is 0 Å². The number of carbonyl (C=O) groups is 1. The summed E-state index contributed by atoms with van der Waals surface area (Å²) in [7, 11) is 1.55. The fourth-order valence-electron chi connectivity index (χ4n) is 2.87. The van der Waals surface area contributed by atoms with Crippen LogP contribution in [0.4, 0.5) is 0 Å². The predicted octanol–water partition coefficient (Wildman–Crippen LogP) is 4.40. The monoisotopic (exact) mass is 453 g/mol. The number of ether oxygens (including phenoxy) is 2. The van der Waals surface area contributed by atoms with Gasteiger partial charge in [0, 0.05) is 16.1 Å². The average Bonchev–Trinajstić information content (AvgIpc) is 3.16. The third-order valence-corrected chi connectivity index (χ3v) is 4.84. The molecular formula is C21H16BrN3O4. The molecule has 0 amide bonds. The summed E-state index contributed by atoms with van der Waals surface area (Å²) in [6.45, 7) is 0. The summed E-state index contributed by atoms with van der Waals surface area (Å²) in [6, 6.07) is 19.4. The summed E-state index contributed by atoms with van der Waals surface area (Å²) in [5, 5.41) is 18.7. The van der Waals surface area contributed by atoms with Crippen molar-refractivity contribution in [3.8, 4) is 17.2 Å². The molecule has 0 fully saturated rings. The zero-order valence-electron chi connectivity index (χ0n) is 15.3. The number of aliphatic carboxylic acids is 1. The van der Waals surface area contributed by atoms with Crippen LogP contribution in [0.3, 0.4) is 0 Å². The van der Waals surface area contributed by atoms with Crippen LogP contribution in [0.5, 0.6) is 11.5 Å². The van der Waals surface area contributed by atoms with Gasteiger partial charge in [0.1, 0.15) is 28.2 Å². The number of hydrogen-bond acceptors (Lipinski definition) is 5. The lowest BCUT2D eigenvalue weighted by Gasteiger charge is -2.18. The number of methoxy groups -OCH3 is 1. The molecule has 0 aliphatic carbocycles. The predicted molar refractivity (Wildman–Crippen MR) is 111 cm³/mol. The van der Waals surface area contributed by atoms with Gasteiger partial charge >= 0.3 is 5.97 Å². The van der Waals surface area contributed by atoms with Crippen LogP contribution in [0.25, 0.3) is 16.7 Å². The molecule has 1 heterocycles. The van der Waals surface area contributed by atoms with E-state index in [0.29, 0.717) is 33.8 Å². The highest BCUT2D eigenvalue weighted by Crippen LogP contribution is 2.32. The summed E-state index contributed by atoms with van der Waals surface area (Å²) < 4.78 is 12.1. The molecule has 8 heteroatoms. The second-order valence-corrected chi connectivity index (χ2v) is 7.12. The molecule has 1 aromatic heterocycles. The number of nitrogens with zero attached hydrogens (tertiary/aromatic N) is 3. The highest BCUT2D eigenvalue weighted by molar-refractivity contribution is 9.10. The van der Waals surface area contributed by atoms with Crippen molar-refractivity contribution in [2.24, 2.45) is 0 Å². The smallest absolute Gasteiger partial charge is 0.349 e. The van der Waals surface area contributed by atoms with Crippen LogP contribution in [-0.4, -0.2) is 33.2 Å². The number of halogens is 1. The first kappa shape index (κ1) is 18.9. The van der Waals surface area contributed by atoms with E-state index in [4.69, 9.17) is 9.47 Å².